The first kappa shape index (κ1) is 17.8. The summed E-state index contributed by atoms with van der Waals surface area (Å²) in [7, 11) is 1.49. The third kappa shape index (κ3) is 3.80. The third-order valence-corrected chi connectivity index (χ3v) is 3.89. The topological polar surface area (TPSA) is 81.9 Å². The van der Waals surface area contributed by atoms with E-state index in [9.17, 15) is 9.18 Å². The smallest absolute Gasteiger partial charge is 0.250 e. The van der Waals surface area contributed by atoms with Crippen molar-refractivity contribution in [3.8, 4) is 17.1 Å². The molecule has 0 bridgehead atoms. The molecule has 3 aromatic rings. The lowest BCUT2D eigenvalue weighted by Crippen LogP contribution is -2.25. The number of tetrazole rings is 1. The monoisotopic (exact) mass is 375 g/mol. The Morgan fingerprint density at radius 1 is 1.31 bits per heavy atom. The number of benzene rings is 2. The number of aromatic nitrogens is 4. The Hall–Kier alpha value is -3.00. The second-order valence-corrected chi connectivity index (χ2v) is 5.89. The Morgan fingerprint density at radius 3 is 2.85 bits per heavy atom. The molecule has 0 aliphatic carbocycles. The van der Waals surface area contributed by atoms with E-state index in [1.165, 1.54) is 19.2 Å². The van der Waals surface area contributed by atoms with E-state index in [1.54, 1.807) is 37.3 Å². The van der Waals surface area contributed by atoms with Gasteiger partial charge in [-0.05, 0) is 42.5 Å². The van der Waals surface area contributed by atoms with Crippen molar-refractivity contribution in [2.75, 3.05) is 12.4 Å². The van der Waals surface area contributed by atoms with E-state index in [-0.39, 0.29) is 11.7 Å². The highest BCUT2D eigenvalue weighted by atomic mass is 35.5. The number of ether oxygens (including phenoxy) is 1. The Kier molecular flexibility index (Phi) is 5.13. The molecule has 1 aromatic heterocycles. The fraction of sp³-hybridized carbons (Fsp3) is 0.176. The number of carbonyl (C=O) groups is 1. The largest absolute Gasteiger partial charge is 0.495 e. The molecule has 3 rings (SSSR count). The quantitative estimate of drug-likeness (QED) is 0.739. The Morgan fingerprint density at radius 2 is 2.12 bits per heavy atom. The number of nitrogens with zero attached hydrogens (tertiary/aromatic N) is 4. The van der Waals surface area contributed by atoms with Crippen LogP contribution in [0.3, 0.4) is 0 Å². The molecule has 0 saturated carbocycles. The minimum absolute atomic E-state index is 0.226. The molecule has 1 unspecified atom stereocenters. The van der Waals surface area contributed by atoms with E-state index in [0.717, 1.165) is 4.80 Å². The molecule has 1 amide bonds. The van der Waals surface area contributed by atoms with Gasteiger partial charge in [0.05, 0.1) is 12.8 Å². The molecule has 0 fully saturated rings. The van der Waals surface area contributed by atoms with Gasteiger partial charge in [0.2, 0.25) is 5.82 Å². The molecule has 0 saturated heterocycles. The van der Waals surface area contributed by atoms with E-state index in [0.29, 0.717) is 22.0 Å². The van der Waals surface area contributed by atoms with E-state index >= 15 is 0 Å². The molecular formula is C17H15ClFN5O2. The van der Waals surface area contributed by atoms with Crippen molar-refractivity contribution < 1.29 is 13.9 Å². The van der Waals surface area contributed by atoms with Crippen LogP contribution in [0, 0.1) is 5.82 Å². The van der Waals surface area contributed by atoms with Crippen LogP contribution in [-0.4, -0.2) is 33.2 Å². The lowest BCUT2D eigenvalue weighted by molar-refractivity contribution is -0.119. The fourth-order valence-corrected chi connectivity index (χ4v) is 2.42. The maximum absolute atomic E-state index is 13.3. The van der Waals surface area contributed by atoms with Gasteiger partial charge in [-0.1, -0.05) is 23.7 Å². The summed E-state index contributed by atoms with van der Waals surface area (Å²) in [5, 5.41) is 15.1. The minimum Gasteiger partial charge on any atom is -0.495 e. The Balaban J connectivity index is 1.78. The summed E-state index contributed by atoms with van der Waals surface area (Å²) >= 11 is 5.96. The van der Waals surface area contributed by atoms with Gasteiger partial charge >= 0.3 is 0 Å². The molecule has 1 atom stereocenters. The van der Waals surface area contributed by atoms with Crippen LogP contribution >= 0.6 is 11.6 Å². The van der Waals surface area contributed by atoms with Gasteiger partial charge in [-0.2, -0.15) is 4.80 Å². The molecule has 9 heteroatoms. The number of halogens is 2. The predicted molar refractivity (Wildman–Crippen MR) is 94.6 cm³/mol. The van der Waals surface area contributed by atoms with E-state index in [4.69, 9.17) is 16.3 Å². The molecule has 0 aliphatic heterocycles. The van der Waals surface area contributed by atoms with E-state index in [1.807, 2.05) is 0 Å². The average molecular weight is 376 g/mol. The number of carbonyl (C=O) groups excluding carboxylic acids is 1. The molecule has 7 nitrogen and oxygen atoms in total. The van der Waals surface area contributed by atoms with Gasteiger partial charge in [0.15, 0.2) is 0 Å². The first-order valence-electron chi connectivity index (χ1n) is 7.68. The normalized spacial score (nSPS) is 11.8. The molecule has 134 valence electrons. The highest BCUT2D eigenvalue weighted by Crippen LogP contribution is 2.28. The highest BCUT2D eigenvalue weighted by molar-refractivity contribution is 6.31. The Labute approximate surface area is 153 Å². The molecule has 2 aromatic carbocycles. The molecule has 1 heterocycles. The van der Waals surface area contributed by atoms with Gasteiger partial charge in [-0.15, -0.1) is 10.2 Å². The summed E-state index contributed by atoms with van der Waals surface area (Å²) < 4.78 is 18.5. The van der Waals surface area contributed by atoms with Crippen molar-refractivity contribution in [3.63, 3.8) is 0 Å². The zero-order chi connectivity index (χ0) is 18.7. The van der Waals surface area contributed by atoms with Crippen molar-refractivity contribution in [1.29, 1.82) is 0 Å². The SMILES string of the molecule is COc1ccc(Cl)cc1NC(=O)C(C)n1nnc(-c2cccc(F)c2)n1. The van der Waals surface area contributed by atoms with Crippen LogP contribution in [0.5, 0.6) is 5.75 Å². The van der Waals surface area contributed by atoms with Crippen LogP contribution in [0.15, 0.2) is 42.5 Å². The van der Waals surface area contributed by atoms with Gasteiger partial charge in [0.1, 0.15) is 17.6 Å². The summed E-state index contributed by atoms with van der Waals surface area (Å²) in [6.45, 7) is 1.61. The van der Waals surface area contributed by atoms with Crippen LogP contribution in [-0.2, 0) is 4.79 Å². The van der Waals surface area contributed by atoms with Gasteiger partial charge in [0.25, 0.3) is 5.91 Å². The number of anilines is 1. The first-order chi connectivity index (χ1) is 12.5. The summed E-state index contributed by atoms with van der Waals surface area (Å²) in [6, 6.07) is 9.96. The van der Waals surface area contributed by atoms with Crippen molar-refractivity contribution >= 4 is 23.2 Å². The number of amides is 1. The predicted octanol–water partition coefficient (Wildman–Crippen LogP) is 3.34. The molecule has 0 aliphatic rings. The van der Waals surface area contributed by atoms with Crippen molar-refractivity contribution in [2.45, 2.75) is 13.0 Å². The second kappa shape index (κ2) is 7.49. The number of methoxy groups -OCH3 is 1. The third-order valence-electron chi connectivity index (χ3n) is 3.66. The first-order valence-corrected chi connectivity index (χ1v) is 8.05. The van der Waals surface area contributed by atoms with Crippen LogP contribution < -0.4 is 10.1 Å². The summed E-state index contributed by atoms with van der Waals surface area (Å²) in [5.74, 6) is -0.0853. The summed E-state index contributed by atoms with van der Waals surface area (Å²) in [5.41, 5.74) is 0.905. The minimum atomic E-state index is -0.756. The van der Waals surface area contributed by atoms with Crippen molar-refractivity contribution in [1.82, 2.24) is 20.2 Å². The number of hydrogen-bond donors (Lipinski definition) is 1. The zero-order valence-electron chi connectivity index (χ0n) is 14.0. The molecule has 1 N–H and O–H groups in total. The second-order valence-electron chi connectivity index (χ2n) is 5.45. The van der Waals surface area contributed by atoms with Crippen molar-refractivity contribution in [3.05, 3.63) is 53.3 Å². The van der Waals surface area contributed by atoms with Gasteiger partial charge < -0.3 is 10.1 Å². The van der Waals surface area contributed by atoms with Crippen molar-refractivity contribution in [2.24, 2.45) is 0 Å². The molecule has 0 radical (unpaired) electrons. The van der Waals surface area contributed by atoms with Crippen LogP contribution in [0.2, 0.25) is 5.02 Å². The molecular weight excluding hydrogens is 361 g/mol. The summed E-state index contributed by atoms with van der Waals surface area (Å²) in [4.78, 5) is 13.7. The maximum Gasteiger partial charge on any atom is 0.250 e. The van der Waals surface area contributed by atoms with Gasteiger partial charge in [-0.3, -0.25) is 4.79 Å². The van der Waals surface area contributed by atoms with Crippen LogP contribution in [0.1, 0.15) is 13.0 Å². The highest BCUT2D eigenvalue weighted by Gasteiger charge is 2.20. The van der Waals surface area contributed by atoms with E-state index < -0.39 is 11.9 Å². The fourth-order valence-electron chi connectivity index (χ4n) is 2.25. The number of rotatable bonds is 5. The van der Waals surface area contributed by atoms with Crippen LogP contribution in [0.25, 0.3) is 11.4 Å². The Bertz CT molecular complexity index is 946. The van der Waals surface area contributed by atoms with Crippen LogP contribution in [0.4, 0.5) is 10.1 Å². The lowest BCUT2D eigenvalue weighted by atomic mass is 10.2. The standard InChI is InChI=1S/C17H15ClFN5O2/c1-10(17(25)20-14-9-12(18)6-7-15(14)26-2)24-22-16(21-23-24)11-4-3-5-13(19)8-11/h3-10H,1-2H3,(H,20,25). The molecule has 26 heavy (non-hydrogen) atoms. The lowest BCUT2D eigenvalue weighted by Gasteiger charge is -2.13. The van der Waals surface area contributed by atoms with Gasteiger partial charge in [-0.25, -0.2) is 4.39 Å². The zero-order valence-corrected chi connectivity index (χ0v) is 14.7. The van der Waals surface area contributed by atoms with E-state index in [2.05, 4.69) is 20.7 Å². The maximum atomic E-state index is 13.3. The number of nitrogens with one attached hydrogen (secondary N) is 1. The average Bonchev–Trinajstić information content (AvgIpc) is 3.11. The number of hydrogen-bond acceptors (Lipinski definition) is 5. The van der Waals surface area contributed by atoms with Gasteiger partial charge in [0, 0.05) is 10.6 Å². The summed E-state index contributed by atoms with van der Waals surface area (Å²) in [6.07, 6.45) is 0. The molecule has 0 spiro atoms.